The molecule has 0 aliphatic rings. The highest BCUT2D eigenvalue weighted by molar-refractivity contribution is 6.37. The van der Waals surface area contributed by atoms with Crippen LogP contribution in [0.4, 0.5) is 0 Å². The Morgan fingerprint density at radius 1 is 0.818 bits per heavy atom. The molecule has 2 aromatic carbocycles. The van der Waals surface area contributed by atoms with Crippen LogP contribution in [0.25, 0.3) is 0 Å². The molecule has 0 aromatic heterocycles. The van der Waals surface area contributed by atoms with Crippen LogP contribution in [0, 0.1) is 0 Å². The van der Waals surface area contributed by atoms with Crippen LogP contribution >= 0.6 is 23.2 Å². The van der Waals surface area contributed by atoms with E-state index in [1.165, 1.54) is 26.4 Å². The molecule has 0 atom stereocenters. The van der Waals surface area contributed by atoms with Gasteiger partial charge in [0.05, 0.1) is 24.3 Å². The fraction of sp³-hybridized carbons (Fsp3) is 0.143. The quantitative estimate of drug-likeness (QED) is 0.815. The minimum absolute atomic E-state index is 0.331. The average molecular weight is 343 g/mol. The Bertz CT molecular complexity index is 598. The van der Waals surface area contributed by atoms with E-state index in [2.05, 4.69) is 0 Å². The van der Waals surface area contributed by atoms with Gasteiger partial charge in [0.2, 0.25) is 0 Å². The third kappa shape index (κ3) is 4.13. The summed E-state index contributed by atoms with van der Waals surface area (Å²) in [6.45, 7) is 0. The lowest BCUT2D eigenvalue weighted by Crippen LogP contribution is -2.29. The van der Waals surface area contributed by atoms with Crippen molar-refractivity contribution in [3.63, 3.8) is 0 Å². The number of halogens is 2. The number of benzene rings is 2. The number of hydrogen-bond acceptors (Lipinski definition) is 5. The van der Waals surface area contributed by atoms with Crippen LogP contribution in [0.1, 0.15) is 0 Å². The normalized spacial score (nSPS) is 10.0. The molecule has 0 heterocycles. The molecule has 0 aliphatic carbocycles. The first-order valence-electron chi connectivity index (χ1n) is 6.22. The Balaban J connectivity index is 2.02. The molecule has 5 nitrogen and oxygen atoms in total. The maximum Gasteiger partial charge on any atom is 0.785 e. The molecule has 0 aliphatic heterocycles. The van der Waals surface area contributed by atoms with Gasteiger partial charge in [-0.2, -0.15) is 0 Å². The first-order chi connectivity index (χ1) is 10.5. The maximum atomic E-state index is 9.80. The van der Waals surface area contributed by atoms with Crippen molar-refractivity contribution in [2.24, 2.45) is 0 Å². The molecule has 0 fully saturated rings. The first-order valence-corrected chi connectivity index (χ1v) is 6.97. The van der Waals surface area contributed by atoms with Gasteiger partial charge in [-0.05, 0) is 24.3 Å². The highest BCUT2D eigenvalue weighted by atomic mass is 35.5. The number of hydrogen-bond donors (Lipinski definition) is 1. The van der Waals surface area contributed by atoms with Crippen molar-refractivity contribution < 1.29 is 23.8 Å². The molecule has 2 rings (SSSR count). The summed E-state index contributed by atoms with van der Waals surface area (Å²) in [5.74, 6) is 1.67. The average Bonchev–Trinajstić information content (AvgIpc) is 2.47. The summed E-state index contributed by atoms with van der Waals surface area (Å²) in [4.78, 5) is 0. The lowest BCUT2D eigenvalue weighted by Gasteiger charge is -2.13. The fourth-order valence-electron chi connectivity index (χ4n) is 1.70. The van der Waals surface area contributed by atoms with E-state index in [1.54, 1.807) is 24.3 Å². The molecule has 0 radical (unpaired) electrons. The number of ether oxygens (including phenoxy) is 2. The first kappa shape index (κ1) is 16.6. The standard InChI is InChI=1S/C14H13BCl2O5/c1-19-13-5-3-9(7-11(13)16)21-15(18)22-10-4-6-14(20-2)12(17)8-10/h3-8,18H,1-2H3. The van der Waals surface area contributed by atoms with Gasteiger partial charge in [-0.1, -0.05) is 23.2 Å². The van der Waals surface area contributed by atoms with Crippen molar-refractivity contribution >= 4 is 30.5 Å². The second-order valence-electron chi connectivity index (χ2n) is 4.14. The van der Waals surface area contributed by atoms with Gasteiger partial charge in [0, 0.05) is 12.1 Å². The molecule has 0 bridgehead atoms. The number of rotatable bonds is 6. The van der Waals surface area contributed by atoms with E-state index in [9.17, 15) is 5.02 Å². The van der Waals surface area contributed by atoms with Gasteiger partial charge in [-0.3, -0.25) is 0 Å². The van der Waals surface area contributed by atoms with Crippen molar-refractivity contribution in [1.29, 1.82) is 0 Å². The largest absolute Gasteiger partial charge is 0.785 e. The summed E-state index contributed by atoms with van der Waals surface area (Å²) >= 11 is 11.9. The van der Waals surface area contributed by atoms with Crippen LogP contribution in [0.2, 0.25) is 10.0 Å². The van der Waals surface area contributed by atoms with Crippen molar-refractivity contribution in [2.45, 2.75) is 0 Å². The molecule has 0 unspecified atom stereocenters. The summed E-state index contributed by atoms with van der Waals surface area (Å²) in [5, 5.41) is 10.5. The molecule has 8 heteroatoms. The van der Waals surface area contributed by atoms with Gasteiger partial charge in [0.1, 0.15) is 23.0 Å². The van der Waals surface area contributed by atoms with Crippen LogP contribution in [-0.2, 0) is 0 Å². The van der Waals surface area contributed by atoms with E-state index >= 15 is 0 Å². The Hall–Kier alpha value is -1.76. The van der Waals surface area contributed by atoms with Gasteiger partial charge in [0.15, 0.2) is 0 Å². The topological polar surface area (TPSA) is 57.2 Å². The van der Waals surface area contributed by atoms with Crippen molar-refractivity contribution in [3.05, 3.63) is 46.4 Å². The van der Waals surface area contributed by atoms with Gasteiger partial charge in [-0.25, -0.2) is 0 Å². The number of methoxy groups -OCH3 is 2. The SMILES string of the molecule is COc1ccc(OB(O)Oc2ccc(OC)c(Cl)c2)cc1Cl. The zero-order valence-electron chi connectivity index (χ0n) is 11.9. The zero-order chi connectivity index (χ0) is 16.1. The molecular formula is C14H13BCl2O5. The molecule has 1 N–H and O–H groups in total. The highest BCUT2D eigenvalue weighted by Gasteiger charge is 2.22. The van der Waals surface area contributed by atoms with E-state index < -0.39 is 7.32 Å². The summed E-state index contributed by atoms with van der Waals surface area (Å²) < 4.78 is 20.5. The minimum Gasteiger partial charge on any atom is -0.501 e. The molecule has 2 aromatic rings. The monoisotopic (exact) mass is 342 g/mol. The fourth-order valence-corrected chi connectivity index (χ4v) is 2.19. The maximum absolute atomic E-state index is 9.80. The Morgan fingerprint density at radius 3 is 1.55 bits per heavy atom. The summed E-state index contributed by atoms with van der Waals surface area (Å²) in [6.07, 6.45) is 0. The van der Waals surface area contributed by atoms with E-state index in [0.29, 0.717) is 33.0 Å². The third-order valence-corrected chi connectivity index (χ3v) is 3.31. The van der Waals surface area contributed by atoms with Crippen molar-refractivity contribution in [3.8, 4) is 23.0 Å². The molecule has 22 heavy (non-hydrogen) atoms. The third-order valence-electron chi connectivity index (χ3n) is 2.72. The molecule has 0 amide bonds. The van der Waals surface area contributed by atoms with Crippen molar-refractivity contribution in [2.75, 3.05) is 14.2 Å². The van der Waals surface area contributed by atoms with Crippen LogP contribution in [0.15, 0.2) is 36.4 Å². The minimum atomic E-state index is -1.52. The smallest absolute Gasteiger partial charge is 0.501 e. The summed E-state index contributed by atoms with van der Waals surface area (Å²) in [6, 6.07) is 9.45. The van der Waals surface area contributed by atoms with Gasteiger partial charge in [-0.15, -0.1) is 0 Å². The van der Waals surface area contributed by atoms with E-state index in [0.717, 1.165) is 0 Å². The Kier molecular flexibility index (Phi) is 5.66. The van der Waals surface area contributed by atoms with E-state index in [-0.39, 0.29) is 0 Å². The summed E-state index contributed by atoms with van der Waals surface area (Å²) in [5.41, 5.74) is 0. The second-order valence-corrected chi connectivity index (χ2v) is 4.95. The van der Waals surface area contributed by atoms with Crippen LogP contribution in [0.5, 0.6) is 23.0 Å². The van der Waals surface area contributed by atoms with Crippen molar-refractivity contribution in [1.82, 2.24) is 0 Å². The lowest BCUT2D eigenvalue weighted by atomic mass is 10.2. The van der Waals surface area contributed by atoms with E-state index in [4.69, 9.17) is 42.0 Å². The van der Waals surface area contributed by atoms with Gasteiger partial charge >= 0.3 is 7.32 Å². The summed E-state index contributed by atoms with van der Waals surface area (Å²) in [7, 11) is 1.49. The molecule has 0 saturated heterocycles. The van der Waals surface area contributed by atoms with Gasteiger partial charge < -0.3 is 23.8 Å². The van der Waals surface area contributed by atoms with Gasteiger partial charge in [0.25, 0.3) is 0 Å². The predicted octanol–water partition coefficient (Wildman–Crippen LogP) is 3.45. The zero-order valence-corrected chi connectivity index (χ0v) is 13.4. The Morgan fingerprint density at radius 2 is 1.23 bits per heavy atom. The lowest BCUT2D eigenvalue weighted by molar-refractivity contribution is 0.297. The van der Waals surface area contributed by atoms with Crippen LogP contribution in [0.3, 0.4) is 0 Å². The Labute approximate surface area is 138 Å². The van der Waals surface area contributed by atoms with Crippen LogP contribution < -0.4 is 18.8 Å². The molecule has 0 spiro atoms. The molecule has 0 saturated carbocycles. The highest BCUT2D eigenvalue weighted by Crippen LogP contribution is 2.30. The second kappa shape index (κ2) is 7.49. The van der Waals surface area contributed by atoms with E-state index in [1.807, 2.05) is 0 Å². The predicted molar refractivity (Wildman–Crippen MR) is 85.2 cm³/mol. The van der Waals surface area contributed by atoms with Crippen LogP contribution in [-0.4, -0.2) is 26.6 Å². The molecular weight excluding hydrogens is 330 g/mol. The molecule has 116 valence electrons.